The molecule has 2 aromatic heterocycles. The van der Waals surface area contributed by atoms with E-state index in [1.54, 1.807) is 0 Å². The van der Waals surface area contributed by atoms with E-state index in [-0.39, 0.29) is 11.7 Å². The van der Waals surface area contributed by atoms with Gasteiger partial charge in [0.1, 0.15) is 10.7 Å². The number of nitrogens with zero attached hydrogens (tertiary/aromatic N) is 6. The molecule has 1 aliphatic heterocycles. The number of likely N-dealkylation sites (N-methyl/N-ethyl adjacent to an activating group) is 1. The van der Waals surface area contributed by atoms with Gasteiger partial charge < -0.3 is 29.3 Å². The summed E-state index contributed by atoms with van der Waals surface area (Å²) in [5.41, 5.74) is 0. The first-order chi connectivity index (χ1) is 15.0. The maximum atomic E-state index is 11.7. The van der Waals surface area contributed by atoms with E-state index >= 15 is 0 Å². The molecule has 11 nitrogen and oxygen atoms in total. The zero-order chi connectivity index (χ0) is 22.4. The largest absolute Gasteiger partial charge is 0.481 e. The molecule has 1 saturated heterocycles. The van der Waals surface area contributed by atoms with Crippen LogP contribution in [0, 0.1) is 0 Å². The summed E-state index contributed by atoms with van der Waals surface area (Å²) in [7, 11) is 6.62. The topological polar surface area (TPSA) is 115 Å². The number of rotatable bonds is 8. The zero-order valence-electron chi connectivity index (χ0n) is 17.9. The lowest BCUT2D eigenvalue weighted by atomic mass is 10.3. The molecule has 0 aliphatic carbocycles. The molecule has 12 heteroatoms. The minimum absolute atomic E-state index is 0.271. The van der Waals surface area contributed by atoms with Crippen molar-refractivity contribution in [3.63, 3.8) is 0 Å². The second-order valence-electron chi connectivity index (χ2n) is 6.54. The Bertz CT molecular complexity index is 926. The van der Waals surface area contributed by atoms with Crippen molar-refractivity contribution >= 4 is 29.4 Å². The SMILES string of the molecule is C=CC(=O)Nc1cc(OC)nc(Sc2c(OC)nc(N3CCN(C)CC3)nc2OC)n1. The summed E-state index contributed by atoms with van der Waals surface area (Å²) in [6.07, 6.45) is 1.15. The molecule has 1 aliphatic rings. The highest BCUT2D eigenvalue weighted by atomic mass is 32.2. The molecule has 0 aromatic carbocycles. The van der Waals surface area contributed by atoms with Gasteiger partial charge in [-0.2, -0.15) is 15.0 Å². The number of ether oxygens (including phenoxy) is 3. The Kier molecular flexibility index (Phi) is 7.47. The molecule has 1 amide bonds. The molecular weight excluding hydrogens is 422 g/mol. The van der Waals surface area contributed by atoms with Gasteiger partial charge in [-0.1, -0.05) is 6.58 Å². The Morgan fingerprint density at radius 3 is 2.26 bits per heavy atom. The van der Waals surface area contributed by atoms with Crippen LogP contribution in [0.15, 0.2) is 28.8 Å². The van der Waals surface area contributed by atoms with Crippen LogP contribution >= 0.6 is 11.8 Å². The fourth-order valence-corrected chi connectivity index (χ4v) is 3.69. The van der Waals surface area contributed by atoms with Crippen LogP contribution in [0.5, 0.6) is 17.6 Å². The molecule has 1 N–H and O–H groups in total. The first-order valence-corrected chi connectivity index (χ1v) is 10.3. The minimum atomic E-state index is -0.397. The third-order valence-electron chi connectivity index (χ3n) is 4.49. The standard InChI is InChI=1S/C19H25N7O4S/c1-6-13(27)20-12-11-14(28-3)22-19(21-12)31-15-16(29-4)23-18(24-17(15)30-5)26-9-7-25(2)8-10-26/h6,11H,1,7-10H2,2-5H3,(H,20,21,22,27). The van der Waals surface area contributed by atoms with Crippen LogP contribution in [0.1, 0.15) is 0 Å². The molecule has 3 rings (SSSR count). The van der Waals surface area contributed by atoms with Crippen molar-refractivity contribution in [2.75, 3.05) is 64.8 Å². The summed E-state index contributed by atoms with van der Waals surface area (Å²) in [6, 6.07) is 1.51. The number of carbonyl (C=O) groups is 1. The number of amides is 1. The lowest BCUT2D eigenvalue weighted by Crippen LogP contribution is -2.45. The first-order valence-electron chi connectivity index (χ1n) is 9.45. The molecule has 0 spiro atoms. The predicted octanol–water partition coefficient (Wildman–Crippen LogP) is 1.32. The third-order valence-corrected chi connectivity index (χ3v) is 5.40. The van der Waals surface area contributed by atoms with E-state index in [0.29, 0.717) is 27.8 Å². The zero-order valence-corrected chi connectivity index (χ0v) is 18.7. The summed E-state index contributed by atoms with van der Waals surface area (Å²) in [6.45, 7) is 6.89. The van der Waals surface area contributed by atoms with E-state index in [1.165, 1.54) is 27.4 Å². The van der Waals surface area contributed by atoms with E-state index in [0.717, 1.165) is 44.0 Å². The van der Waals surface area contributed by atoms with Gasteiger partial charge in [-0.3, -0.25) is 4.79 Å². The van der Waals surface area contributed by atoms with Crippen molar-refractivity contribution in [3.05, 3.63) is 18.7 Å². The summed E-state index contributed by atoms with van der Waals surface area (Å²) in [5.74, 6) is 1.38. The van der Waals surface area contributed by atoms with Crippen LogP contribution in [0.4, 0.5) is 11.8 Å². The van der Waals surface area contributed by atoms with Crippen LogP contribution in [-0.2, 0) is 4.79 Å². The van der Waals surface area contributed by atoms with E-state index in [4.69, 9.17) is 14.2 Å². The van der Waals surface area contributed by atoms with E-state index in [2.05, 4.69) is 48.7 Å². The summed E-state index contributed by atoms with van der Waals surface area (Å²) < 4.78 is 16.3. The van der Waals surface area contributed by atoms with E-state index in [9.17, 15) is 4.79 Å². The normalized spacial score (nSPS) is 14.1. The van der Waals surface area contributed by atoms with Crippen LogP contribution in [0.2, 0.25) is 0 Å². The van der Waals surface area contributed by atoms with Crippen LogP contribution in [-0.4, -0.2) is 85.3 Å². The fraction of sp³-hybridized carbons (Fsp3) is 0.421. The highest BCUT2D eigenvalue weighted by Gasteiger charge is 2.24. The molecule has 31 heavy (non-hydrogen) atoms. The summed E-state index contributed by atoms with van der Waals surface area (Å²) in [5, 5.41) is 2.90. The molecule has 0 bridgehead atoms. The lowest BCUT2D eigenvalue weighted by Gasteiger charge is -2.32. The lowest BCUT2D eigenvalue weighted by molar-refractivity contribution is -0.111. The van der Waals surface area contributed by atoms with Gasteiger partial charge in [0.2, 0.25) is 29.5 Å². The predicted molar refractivity (Wildman–Crippen MR) is 116 cm³/mol. The maximum absolute atomic E-state index is 11.7. The number of methoxy groups -OCH3 is 3. The van der Waals surface area contributed by atoms with Crippen molar-refractivity contribution < 1.29 is 19.0 Å². The number of hydrogen-bond donors (Lipinski definition) is 1. The van der Waals surface area contributed by atoms with Gasteiger partial charge in [-0.05, 0) is 24.9 Å². The molecule has 0 radical (unpaired) electrons. The van der Waals surface area contributed by atoms with Crippen LogP contribution in [0.25, 0.3) is 0 Å². The highest BCUT2D eigenvalue weighted by Crippen LogP contribution is 2.40. The molecule has 1 fully saturated rings. The molecule has 3 heterocycles. The molecule has 0 saturated carbocycles. The number of hydrogen-bond acceptors (Lipinski definition) is 11. The number of piperazine rings is 1. The van der Waals surface area contributed by atoms with Crippen molar-refractivity contribution in [1.82, 2.24) is 24.8 Å². The minimum Gasteiger partial charge on any atom is -0.481 e. The van der Waals surface area contributed by atoms with Crippen molar-refractivity contribution in [3.8, 4) is 17.6 Å². The van der Waals surface area contributed by atoms with E-state index in [1.807, 2.05) is 0 Å². The Hall–Kier alpha value is -3.12. The van der Waals surface area contributed by atoms with Gasteiger partial charge in [-0.15, -0.1) is 0 Å². The third kappa shape index (κ3) is 5.52. The van der Waals surface area contributed by atoms with Gasteiger partial charge in [0, 0.05) is 32.2 Å². The Balaban J connectivity index is 1.94. The summed E-state index contributed by atoms with van der Waals surface area (Å²) in [4.78, 5) is 34.3. The Morgan fingerprint density at radius 1 is 1.06 bits per heavy atom. The highest BCUT2D eigenvalue weighted by molar-refractivity contribution is 7.99. The molecule has 0 atom stereocenters. The molecule has 2 aromatic rings. The average Bonchev–Trinajstić information content (AvgIpc) is 2.79. The van der Waals surface area contributed by atoms with Gasteiger partial charge in [0.15, 0.2) is 5.16 Å². The van der Waals surface area contributed by atoms with Gasteiger partial charge in [-0.25, -0.2) is 4.98 Å². The number of nitrogens with one attached hydrogen (secondary N) is 1. The van der Waals surface area contributed by atoms with Gasteiger partial charge in [0.05, 0.1) is 21.3 Å². The van der Waals surface area contributed by atoms with Crippen LogP contribution in [0.3, 0.4) is 0 Å². The first kappa shape index (κ1) is 22.6. The van der Waals surface area contributed by atoms with Crippen molar-refractivity contribution in [2.24, 2.45) is 0 Å². The number of aromatic nitrogens is 4. The maximum Gasteiger partial charge on any atom is 0.248 e. The molecular formula is C19H25N7O4S. The molecule has 166 valence electrons. The van der Waals surface area contributed by atoms with Gasteiger partial charge >= 0.3 is 0 Å². The quantitative estimate of drug-likeness (QED) is 0.467. The number of anilines is 2. The second-order valence-corrected chi connectivity index (χ2v) is 7.51. The van der Waals surface area contributed by atoms with Crippen molar-refractivity contribution in [2.45, 2.75) is 10.1 Å². The monoisotopic (exact) mass is 447 g/mol. The Morgan fingerprint density at radius 2 is 1.71 bits per heavy atom. The second kappa shape index (κ2) is 10.3. The molecule has 0 unspecified atom stereocenters. The van der Waals surface area contributed by atoms with Crippen molar-refractivity contribution in [1.29, 1.82) is 0 Å². The number of carbonyl (C=O) groups excluding carboxylic acids is 1. The Labute approximate surface area is 184 Å². The fourth-order valence-electron chi connectivity index (χ4n) is 2.80. The van der Waals surface area contributed by atoms with E-state index < -0.39 is 5.91 Å². The van der Waals surface area contributed by atoms with Gasteiger partial charge in [0.25, 0.3) is 0 Å². The average molecular weight is 448 g/mol. The summed E-state index contributed by atoms with van der Waals surface area (Å²) >= 11 is 1.14. The van der Waals surface area contributed by atoms with Crippen LogP contribution < -0.4 is 24.4 Å². The smallest absolute Gasteiger partial charge is 0.248 e.